The smallest absolute Gasteiger partial charge is 0.243 e. The van der Waals surface area contributed by atoms with Gasteiger partial charge >= 0.3 is 0 Å². The molecule has 1 heterocycles. The molecule has 0 spiro atoms. The van der Waals surface area contributed by atoms with Gasteiger partial charge in [0.1, 0.15) is 0 Å². The topological polar surface area (TPSA) is 88.2 Å². The predicted octanol–water partition coefficient (Wildman–Crippen LogP) is 1.10. The number of carbonyl (C=O) groups is 1. The highest BCUT2D eigenvalue weighted by Crippen LogP contribution is 2.21. The molecule has 0 aliphatic heterocycles. The van der Waals surface area contributed by atoms with E-state index in [1.807, 2.05) is 20.8 Å². The first-order valence-corrected chi connectivity index (χ1v) is 5.03. The Morgan fingerprint density at radius 3 is 2.69 bits per heavy atom. The minimum absolute atomic E-state index is 0.0723. The van der Waals surface area contributed by atoms with E-state index in [-0.39, 0.29) is 22.9 Å². The SMILES string of the molecule is CC(C)(C)C(N)C(=O)Nc1ncccc1O. The van der Waals surface area contributed by atoms with E-state index >= 15 is 0 Å². The van der Waals surface area contributed by atoms with E-state index < -0.39 is 6.04 Å². The summed E-state index contributed by atoms with van der Waals surface area (Å²) in [5.41, 5.74) is 5.43. The molecule has 0 bridgehead atoms. The summed E-state index contributed by atoms with van der Waals surface area (Å²) in [6, 6.07) is 2.37. The fourth-order valence-corrected chi connectivity index (χ4v) is 1.08. The molecule has 4 N–H and O–H groups in total. The Hall–Kier alpha value is -1.62. The number of nitrogens with zero attached hydrogens (tertiary/aromatic N) is 1. The Morgan fingerprint density at radius 1 is 1.56 bits per heavy atom. The van der Waals surface area contributed by atoms with Crippen molar-refractivity contribution in [3.63, 3.8) is 0 Å². The van der Waals surface area contributed by atoms with Gasteiger partial charge < -0.3 is 16.2 Å². The van der Waals surface area contributed by atoms with Gasteiger partial charge in [-0.25, -0.2) is 4.98 Å². The van der Waals surface area contributed by atoms with Gasteiger partial charge in [0, 0.05) is 6.20 Å². The predicted molar refractivity (Wildman–Crippen MR) is 62.0 cm³/mol. The van der Waals surface area contributed by atoms with Crippen molar-refractivity contribution in [3.8, 4) is 5.75 Å². The Bertz CT molecular complexity index is 385. The Balaban J connectivity index is 2.76. The van der Waals surface area contributed by atoms with Gasteiger partial charge in [-0.3, -0.25) is 4.79 Å². The molecule has 0 fully saturated rings. The second-order valence-electron chi connectivity index (χ2n) is 4.70. The zero-order valence-corrected chi connectivity index (χ0v) is 9.69. The number of nitrogens with one attached hydrogen (secondary N) is 1. The number of pyridine rings is 1. The lowest BCUT2D eigenvalue weighted by Crippen LogP contribution is -2.45. The lowest BCUT2D eigenvalue weighted by Gasteiger charge is -2.25. The number of hydrogen-bond donors (Lipinski definition) is 3. The average molecular weight is 223 g/mol. The number of hydrogen-bond acceptors (Lipinski definition) is 4. The molecule has 0 radical (unpaired) electrons. The van der Waals surface area contributed by atoms with Crippen LogP contribution in [0, 0.1) is 5.41 Å². The minimum Gasteiger partial charge on any atom is -0.504 e. The zero-order valence-electron chi connectivity index (χ0n) is 9.69. The number of aromatic nitrogens is 1. The number of carbonyl (C=O) groups excluding carboxylic acids is 1. The Morgan fingerprint density at radius 2 is 2.19 bits per heavy atom. The fraction of sp³-hybridized carbons (Fsp3) is 0.455. The normalized spacial score (nSPS) is 13.2. The quantitative estimate of drug-likeness (QED) is 0.700. The van der Waals surface area contributed by atoms with E-state index in [2.05, 4.69) is 10.3 Å². The largest absolute Gasteiger partial charge is 0.504 e. The van der Waals surface area contributed by atoms with Crippen molar-refractivity contribution in [2.45, 2.75) is 26.8 Å². The second-order valence-corrected chi connectivity index (χ2v) is 4.70. The lowest BCUT2D eigenvalue weighted by atomic mass is 9.87. The summed E-state index contributed by atoms with van der Waals surface area (Å²) in [6.07, 6.45) is 1.48. The van der Waals surface area contributed by atoms with Crippen LogP contribution in [0.3, 0.4) is 0 Å². The first kappa shape index (κ1) is 12.4. The van der Waals surface area contributed by atoms with Crippen LogP contribution in [0.1, 0.15) is 20.8 Å². The molecule has 0 aliphatic rings. The van der Waals surface area contributed by atoms with Gasteiger partial charge in [0.2, 0.25) is 5.91 Å². The van der Waals surface area contributed by atoms with Crippen LogP contribution in [0.4, 0.5) is 5.82 Å². The third kappa shape index (κ3) is 2.93. The number of aromatic hydroxyl groups is 1. The molecule has 1 aromatic rings. The molecule has 0 saturated carbocycles. The molecule has 0 aromatic carbocycles. The number of nitrogens with two attached hydrogens (primary N) is 1. The van der Waals surface area contributed by atoms with Crippen LogP contribution in [-0.4, -0.2) is 22.0 Å². The molecule has 1 atom stereocenters. The van der Waals surface area contributed by atoms with Crippen molar-refractivity contribution < 1.29 is 9.90 Å². The Kier molecular flexibility index (Phi) is 3.49. The van der Waals surface area contributed by atoms with E-state index in [4.69, 9.17) is 5.73 Å². The number of amides is 1. The summed E-state index contributed by atoms with van der Waals surface area (Å²) in [6.45, 7) is 5.61. The summed E-state index contributed by atoms with van der Waals surface area (Å²) < 4.78 is 0. The van der Waals surface area contributed by atoms with E-state index in [0.29, 0.717) is 0 Å². The van der Waals surface area contributed by atoms with Crippen LogP contribution in [0.2, 0.25) is 0 Å². The molecule has 88 valence electrons. The molecular weight excluding hydrogens is 206 g/mol. The van der Waals surface area contributed by atoms with Gasteiger partial charge in [0.25, 0.3) is 0 Å². The van der Waals surface area contributed by atoms with Crippen LogP contribution in [0.5, 0.6) is 5.75 Å². The fourth-order valence-electron chi connectivity index (χ4n) is 1.08. The summed E-state index contributed by atoms with van der Waals surface area (Å²) in [5, 5.41) is 11.9. The van der Waals surface area contributed by atoms with Crippen molar-refractivity contribution in [1.82, 2.24) is 4.98 Å². The van der Waals surface area contributed by atoms with Gasteiger partial charge in [-0.05, 0) is 17.5 Å². The van der Waals surface area contributed by atoms with E-state index in [9.17, 15) is 9.90 Å². The highest BCUT2D eigenvalue weighted by atomic mass is 16.3. The summed E-state index contributed by atoms with van der Waals surface area (Å²) in [4.78, 5) is 15.6. The standard InChI is InChI=1S/C11H17N3O2/c1-11(2,3)8(12)10(16)14-9-7(15)5-4-6-13-9/h4-6,8,15H,12H2,1-3H3,(H,13,14,16). The maximum atomic E-state index is 11.7. The van der Waals surface area contributed by atoms with Crippen molar-refractivity contribution in [2.75, 3.05) is 5.32 Å². The maximum absolute atomic E-state index is 11.7. The van der Waals surface area contributed by atoms with E-state index in [1.54, 1.807) is 6.07 Å². The van der Waals surface area contributed by atoms with Crippen molar-refractivity contribution in [3.05, 3.63) is 18.3 Å². The van der Waals surface area contributed by atoms with Gasteiger partial charge in [-0.15, -0.1) is 0 Å². The zero-order chi connectivity index (χ0) is 12.3. The molecule has 1 unspecified atom stereocenters. The summed E-state index contributed by atoms with van der Waals surface area (Å²) in [5.74, 6) is -0.300. The highest BCUT2D eigenvalue weighted by molar-refractivity contribution is 5.95. The minimum atomic E-state index is -0.658. The monoisotopic (exact) mass is 223 g/mol. The molecule has 1 rings (SSSR count). The lowest BCUT2D eigenvalue weighted by molar-refractivity contribution is -0.119. The average Bonchev–Trinajstić information content (AvgIpc) is 2.19. The first-order chi connectivity index (χ1) is 7.32. The third-order valence-electron chi connectivity index (χ3n) is 2.24. The van der Waals surface area contributed by atoms with Crippen LogP contribution < -0.4 is 11.1 Å². The molecule has 0 aliphatic carbocycles. The molecule has 5 heteroatoms. The van der Waals surface area contributed by atoms with E-state index in [0.717, 1.165) is 0 Å². The molecule has 1 amide bonds. The molecule has 16 heavy (non-hydrogen) atoms. The highest BCUT2D eigenvalue weighted by Gasteiger charge is 2.28. The second kappa shape index (κ2) is 4.49. The number of anilines is 1. The van der Waals surface area contributed by atoms with Crippen molar-refractivity contribution in [2.24, 2.45) is 11.1 Å². The summed E-state index contributed by atoms with van der Waals surface area (Å²) >= 11 is 0. The molecule has 5 nitrogen and oxygen atoms in total. The molecular formula is C11H17N3O2. The van der Waals surface area contributed by atoms with Crippen molar-refractivity contribution >= 4 is 11.7 Å². The molecule has 1 aromatic heterocycles. The van der Waals surface area contributed by atoms with Gasteiger partial charge in [-0.2, -0.15) is 0 Å². The van der Waals surface area contributed by atoms with E-state index in [1.165, 1.54) is 12.3 Å². The van der Waals surface area contributed by atoms with Gasteiger partial charge in [0.15, 0.2) is 11.6 Å². The van der Waals surface area contributed by atoms with Crippen LogP contribution in [-0.2, 0) is 4.79 Å². The van der Waals surface area contributed by atoms with Gasteiger partial charge in [0.05, 0.1) is 6.04 Å². The first-order valence-electron chi connectivity index (χ1n) is 5.03. The molecule has 0 saturated heterocycles. The summed E-state index contributed by atoms with van der Waals surface area (Å²) in [7, 11) is 0. The Labute approximate surface area is 94.7 Å². The van der Waals surface area contributed by atoms with Crippen LogP contribution in [0.15, 0.2) is 18.3 Å². The van der Waals surface area contributed by atoms with Crippen LogP contribution in [0.25, 0.3) is 0 Å². The number of rotatable bonds is 2. The maximum Gasteiger partial charge on any atom is 0.243 e. The van der Waals surface area contributed by atoms with Crippen LogP contribution >= 0.6 is 0 Å². The third-order valence-corrected chi connectivity index (χ3v) is 2.24. The van der Waals surface area contributed by atoms with Crippen molar-refractivity contribution in [1.29, 1.82) is 0 Å². The van der Waals surface area contributed by atoms with Gasteiger partial charge in [-0.1, -0.05) is 20.8 Å².